The van der Waals surface area contributed by atoms with Gasteiger partial charge in [0.1, 0.15) is 15.1 Å². The average Bonchev–Trinajstić information content (AvgIpc) is 3.39. The van der Waals surface area contributed by atoms with Gasteiger partial charge >= 0.3 is 0 Å². The number of thiazole rings is 1. The van der Waals surface area contributed by atoms with Crippen LogP contribution in [-0.4, -0.2) is 38.4 Å². The van der Waals surface area contributed by atoms with E-state index in [9.17, 15) is 9.90 Å². The van der Waals surface area contributed by atoms with Gasteiger partial charge in [-0.1, -0.05) is 64.7 Å². The zero-order valence-corrected chi connectivity index (χ0v) is 24.1. The summed E-state index contributed by atoms with van der Waals surface area (Å²) in [4.78, 5) is 19.6. The van der Waals surface area contributed by atoms with Gasteiger partial charge in [0.15, 0.2) is 5.69 Å². The number of amides is 1. The summed E-state index contributed by atoms with van der Waals surface area (Å²) < 4.78 is 4.46. The molecule has 1 fully saturated rings. The quantitative estimate of drug-likeness (QED) is 0.359. The van der Waals surface area contributed by atoms with E-state index in [-0.39, 0.29) is 27.5 Å². The fourth-order valence-electron chi connectivity index (χ4n) is 4.40. The van der Waals surface area contributed by atoms with Crippen molar-refractivity contribution in [3.05, 3.63) is 48.7 Å². The van der Waals surface area contributed by atoms with E-state index in [4.69, 9.17) is 28.2 Å². The Kier molecular flexibility index (Phi) is 7.28. The number of benzene rings is 1. The molecule has 0 spiro atoms. The fourth-order valence-corrected chi connectivity index (χ4v) is 6.39. The minimum absolute atomic E-state index is 0.162. The van der Waals surface area contributed by atoms with Gasteiger partial charge in [0.05, 0.1) is 10.7 Å². The van der Waals surface area contributed by atoms with Gasteiger partial charge in [-0.05, 0) is 47.3 Å². The maximum absolute atomic E-state index is 12.8. The standard InChI is InChI=1S/C26H31Cl2N3O2S2/c1-25(2,3)16-11-15(12-17(21(16)32)26(4,5)6)18-13-34-23(29-18)14-7-9-31(10-8-14)24(33)20-19(27)22(28)35-30-20/h11-14,32H,7-10H2,1-6H3. The molecule has 5 nitrogen and oxygen atoms in total. The molecule has 1 aromatic carbocycles. The Morgan fingerprint density at radius 1 is 1.06 bits per heavy atom. The molecule has 4 rings (SSSR count). The zero-order valence-electron chi connectivity index (χ0n) is 20.9. The first kappa shape index (κ1) is 26.4. The SMILES string of the molecule is CC(C)(C)c1cc(-c2csc(C3CCN(C(=O)c4nsc(Cl)c4Cl)CC3)n2)cc(C(C)(C)C)c1O. The van der Waals surface area contributed by atoms with Crippen LogP contribution in [0.1, 0.15) is 86.9 Å². The second-order valence-electron chi connectivity index (χ2n) is 11.2. The van der Waals surface area contributed by atoms with Crippen molar-refractivity contribution < 1.29 is 9.90 Å². The van der Waals surface area contributed by atoms with Gasteiger partial charge in [0.25, 0.3) is 5.91 Å². The first-order valence-electron chi connectivity index (χ1n) is 11.7. The smallest absolute Gasteiger partial charge is 0.275 e. The zero-order chi connectivity index (χ0) is 25.7. The van der Waals surface area contributed by atoms with Crippen molar-refractivity contribution in [3.63, 3.8) is 0 Å². The highest BCUT2D eigenvalue weighted by Gasteiger charge is 2.30. The average molecular weight is 553 g/mol. The second-order valence-corrected chi connectivity index (χ2v) is 13.8. The molecule has 0 bridgehead atoms. The molecule has 3 aromatic rings. The van der Waals surface area contributed by atoms with Crippen LogP contribution in [-0.2, 0) is 10.8 Å². The third kappa shape index (κ3) is 5.38. The topological polar surface area (TPSA) is 66.3 Å². The van der Waals surface area contributed by atoms with Gasteiger partial charge in [-0.15, -0.1) is 11.3 Å². The number of rotatable bonds is 3. The number of aromatic hydroxyl groups is 1. The molecular formula is C26H31Cl2N3O2S2. The maximum atomic E-state index is 12.8. The van der Waals surface area contributed by atoms with Crippen molar-refractivity contribution in [1.82, 2.24) is 14.3 Å². The van der Waals surface area contributed by atoms with Crippen LogP contribution in [0.15, 0.2) is 17.5 Å². The predicted molar refractivity (Wildman–Crippen MR) is 147 cm³/mol. The van der Waals surface area contributed by atoms with Crippen LogP contribution in [0, 0.1) is 0 Å². The number of hydrogen-bond donors (Lipinski definition) is 1. The number of phenols is 1. The van der Waals surface area contributed by atoms with E-state index in [0.29, 0.717) is 29.1 Å². The third-order valence-electron chi connectivity index (χ3n) is 6.48. The van der Waals surface area contributed by atoms with Crippen LogP contribution in [0.3, 0.4) is 0 Å². The molecule has 35 heavy (non-hydrogen) atoms. The second kappa shape index (κ2) is 9.66. The van der Waals surface area contributed by atoms with E-state index in [2.05, 4.69) is 63.4 Å². The highest BCUT2D eigenvalue weighted by atomic mass is 35.5. The normalized spacial score (nSPS) is 15.6. The number of hydrogen-bond acceptors (Lipinski definition) is 6. The molecule has 2 aromatic heterocycles. The van der Waals surface area contributed by atoms with E-state index in [1.807, 2.05) is 0 Å². The number of phenolic OH excluding ortho intramolecular Hbond substituents is 1. The monoisotopic (exact) mass is 551 g/mol. The Morgan fingerprint density at radius 3 is 2.11 bits per heavy atom. The number of carbonyl (C=O) groups is 1. The van der Waals surface area contributed by atoms with Crippen molar-refractivity contribution in [2.75, 3.05) is 13.1 Å². The Bertz CT molecular complexity index is 1210. The molecule has 0 aliphatic carbocycles. The lowest BCUT2D eigenvalue weighted by molar-refractivity contribution is 0.0708. The van der Waals surface area contributed by atoms with E-state index in [0.717, 1.165) is 51.8 Å². The van der Waals surface area contributed by atoms with E-state index in [1.165, 1.54) is 0 Å². The summed E-state index contributed by atoms with van der Waals surface area (Å²) in [7, 11) is 0. The van der Waals surface area contributed by atoms with Crippen LogP contribution >= 0.6 is 46.1 Å². The van der Waals surface area contributed by atoms with Crippen LogP contribution in [0.25, 0.3) is 11.3 Å². The molecule has 1 amide bonds. The van der Waals surface area contributed by atoms with Crippen molar-refractivity contribution in [3.8, 4) is 17.0 Å². The van der Waals surface area contributed by atoms with Crippen LogP contribution in [0.5, 0.6) is 5.75 Å². The Hall–Kier alpha value is -1.67. The summed E-state index contributed by atoms with van der Waals surface area (Å²) in [5.41, 5.74) is 3.69. The lowest BCUT2D eigenvalue weighted by Crippen LogP contribution is -2.38. The number of piperidine rings is 1. The number of aromatic nitrogens is 2. The predicted octanol–water partition coefficient (Wildman–Crippen LogP) is 7.89. The van der Waals surface area contributed by atoms with Crippen molar-refractivity contribution in [2.45, 2.75) is 71.1 Å². The first-order chi connectivity index (χ1) is 16.3. The van der Waals surface area contributed by atoms with Gasteiger partial charge in [0, 0.05) is 41.1 Å². The molecule has 0 saturated carbocycles. The van der Waals surface area contributed by atoms with Crippen molar-refractivity contribution >= 4 is 52.0 Å². The summed E-state index contributed by atoms with van der Waals surface area (Å²) in [6.07, 6.45) is 1.68. The summed E-state index contributed by atoms with van der Waals surface area (Å²) in [6, 6.07) is 4.15. The molecule has 0 radical (unpaired) electrons. The lowest BCUT2D eigenvalue weighted by atomic mass is 9.78. The van der Waals surface area contributed by atoms with Gasteiger partial charge < -0.3 is 10.0 Å². The molecule has 3 heterocycles. The number of halogens is 2. The highest BCUT2D eigenvalue weighted by molar-refractivity contribution is 7.11. The third-order valence-corrected chi connectivity index (χ3v) is 9.09. The summed E-state index contributed by atoms with van der Waals surface area (Å²) in [5.74, 6) is 0.515. The largest absolute Gasteiger partial charge is 0.507 e. The Balaban J connectivity index is 1.54. The van der Waals surface area contributed by atoms with E-state index in [1.54, 1.807) is 16.2 Å². The van der Waals surface area contributed by atoms with Crippen molar-refractivity contribution in [1.29, 1.82) is 0 Å². The van der Waals surface area contributed by atoms with Crippen molar-refractivity contribution in [2.24, 2.45) is 0 Å². The summed E-state index contributed by atoms with van der Waals surface area (Å²) >= 11 is 14.8. The molecule has 0 unspecified atom stereocenters. The summed E-state index contributed by atoms with van der Waals surface area (Å²) in [6.45, 7) is 14.0. The van der Waals surface area contributed by atoms with Gasteiger partial charge in [-0.25, -0.2) is 4.98 Å². The minimum Gasteiger partial charge on any atom is -0.507 e. The molecule has 1 saturated heterocycles. The van der Waals surface area contributed by atoms with Gasteiger partial charge in [-0.3, -0.25) is 4.79 Å². The highest BCUT2D eigenvalue weighted by Crippen LogP contribution is 2.43. The van der Waals surface area contributed by atoms with Gasteiger partial charge in [-0.2, -0.15) is 4.37 Å². The van der Waals surface area contributed by atoms with E-state index >= 15 is 0 Å². The van der Waals surface area contributed by atoms with E-state index < -0.39 is 0 Å². The molecule has 188 valence electrons. The van der Waals surface area contributed by atoms with Gasteiger partial charge in [0.2, 0.25) is 0 Å². The Labute approximate surface area is 225 Å². The summed E-state index contributed by atoms with van der Waals surface area (Å²) in [5, 5.41) is 14.5. The first-order valence-corrected chi connectivity index (χ1v) is 14.1. The molecule has 1 N–H and O–H groups in total. The fraction of sp³-hybridized carbons (Fsp3) is 0.500. The number of likely N-dealkylation sites (tertiary alicyclic amines) is 1. The molecule has 1 aliphatic heterocycles. The van der Waals surface area contributed by atoms with Crippen LogP contribution in [0.4, 0.5) is 0 Å². The van der Waals surface area contributed by atoms with Crippen LogP contribution < -0.4 is 0 Å². The maximum Gasteiger partial charge on any atom is 0.275 e. The number of nitrogens with zero attached hydrogens (tertiary/aromatic N) is 3. The molecule has 1 aliphatic rings. The molecule has 9 heteroatoms. The Morgan fingerprint density at radius 2 is 1.63 bits per heavy atom. The molecular weight excluding hydrogens is 521 g/mol. The lowest BCUT2D eigenvalue weighted by Gasteiger charge is -2.30. The number of carbonyl (C=O) groups excluding carboxylic acids is 1. The molecule has 0 atom stereocenters. The minimum atomic E-state index is -0.192. The van der Waals surface area contributed by atoms with Crippen LogP contribution in [0.2, 0.25) is 9.36 Å².